The van der Waals surface area contributed by atoms with E-state index in [9.17, 15) is 18.0 Å². The number of rotatable bonds is 3. The van der Waals surface area contributed by atoms with Crippen LogP contribution < -0.4 is 0 Å². The van der Waals surface area contributed by atoms with E-state index in [2.05, 4.69) is 0 Å². The van der Waals surface area contributed by atoms with Crippen LogP contribution in [0.4, 0.5) is 9.59 Å². The predicted octanol–water partition coefficient (Wildman–Crippen LogP) is 3.25. The van der Waals surface area contributed by atoms with Gasteiger partial charge in [-0.25, -0.2) is 8.42 Å². The molecule has 4 fully saturated rings. The molecule has 0 bridgehead atoms. The van der Waals surface area contributed by atoms with E-state index < -0.39 is 21.6 Å². The van der Waals surface area contributed by atoms with Crippen molar-refractivity contribution >= 4 is 32.1 Å². The number of hydrogen-bond donors (Lipinski definition) is 0. The molecular weight excluding hydrogens is 384 g/mol. The molecule has 0 aromatic heterocycles. The van der Waals surface area contributed by atoms with Crippen LogP contribution in [0, 0.1) is 5.92 Å². The number of hydrogen-bond acceptors (Lipinski definition) is 4. The lowest BCUT2D eigenvalue weighted by Crippen LogP contribution is -2.38. The van der Waals surface area contributed by atoms with Crippen LogP contribution in [0.5, 0.6) is 0 Å². The summed E-state index contributed by atoms with van der Waals surface area (Å²) in [6.07, 6.45) is 11.1. The van der Waals surface area contributed by atoms with Gasteiger partial charge in [0.05, 0.1) is 0 Å². The molecule has 2 heterocycles. The van der Waals surface area contributed by atoms with Crippen molar-refractivity contribution in [3.05, 3.63) is 0 Å². The van der Waals surface area contributed by atoms with E-state index in [1.807, 2.05) is 0 Å². The Morgan fingerprint density at radius 3 is 1.70 bits per heavy atom. The van der Waals surface area contributed by atoms with Gasteiger partial charge in [0.15, 0.2) is 0 Å². The highest BCUT2D eigenvalue weighted by Crippen LogP contribution is 2.28. The van der Waals surface area contributed by atoms with Gasteiger partial charge in [-0.3, -0.25) is 9.59 Å². The molecule has 0 aromatic carbocycles. The van der Waals surface area contributed by atoms with Crippen molar-refractivity contribution in [2.75, 3.05) is 31.9 Å². The Balaban J connectivity index is 0.000000159. The molecule has 2 aliphatic carbocycles. The van der Waals surface area contributed by atoms with Crippen molar-refractivity contribution in [2.24, 2.45) is 5.92 Å². The molecule has 0 spiro atoms. The lowest BCUT2D eigenvalue weighted by Gasteiger charge is -2.28. The van der Waals surface area contributed by atoms with Gasteiger partial charge >= 0.3 is 10.5 Å². The fourth-order valence-corrected chi connectivity index (χ4v) is 6.28. The molecule has 8 heteroatoms. The summed E-state index contributed by atoms with van der Waals surface area (Å²) in [5.41, 5.74) is 0. The number of likely N-dealkylation sites (tertiary alicyclic amines) is 2. The summed E-state index contributed by atoms with van der Waals surface area (Å²) in [7, 11) is -2.46. The molecule has 154 valence electrons. The number of piperidine rings is 1. The second-order valence-corrected chi connectivity index (χ2v) is 11.1. The minimum absolute atomic E-state index is 0.110. The molecule has 4 aliphatic rings. The zero-order chi connectivity index (χ0) is 19.2. The Kier molecular flexibility index (Phi) is 7.87. The third-order valence-corrected chi connectivity index (χ3v) is 8.89. The highest BCUT2D eigenvalue weighted by atomic mass is 32.2. The predicted molar refractivity (Wildman–Crippen MR) is 109 cm³/mol. The Labute approximate surface area is 167 Å². The van der Waals surface area contributed by atoms with Gasteiger partial charge < -0.3 is 9.80 Å². The van der Waals surface area contributed by atoms with Crippen LogP contribution in [-0.2, 0) is 21.6 Å². The summed E-state index contributed by atoms with van der Waals surface area (Å²) < 4.78 is 23.2. The third-order valence-electron chi connectivity index (χ3n) is 5.78. The normalized spacial score (nSPS) is 25.2. The van der Waals surface area contributed by atoms with E-state index in [1.165, 1.54) is 25.7 Å². The number of carbonyl (C=O) groups excluding carboxylic acids is 2. The SMILES string of the molecule is O=C(N1CCCC1)S(=O)C1CC1.O=C(N1CCCCC1)S(=O)CC1CCC1. The van der Waals surface area contributed by atoms with Gasteiger partial charge in [0.25, 0.3) is 0 Å². The maximum absolute atomic E-state index is 11.8. The Bertz CT molecular complexity index is 578. The smallest absolute Gasteiger partial charge is 0.312 e. The van der Waals surface area contributed by atoms with Crippen LogP contribution >= 0.6 is 0 Å². The van der Waals surface area contributed by atoms with Gasteiger partial charge in [-0.05, 0) is 63.7 Å². The maximum Gasteiger partial charge on any atom is 0.312 e. The van der Waals surface area contributed by atoms with Crippen molar-refractivity contribution in [3.63, 3.8) is 0 Å². The molecule has 2 aliphatic heterocycles. The van der Waals surface area contributed by atoms with E-state index in [1.54, 1.807) is 9.80 Å². The third kappa shape index (κ3) is 6.11. The first-order valence-electron chi connectivity index (χ1n) is 10.4. The average molecular weight is 417 g/mol. The van der Waals surface area contributed by atoms with Crippen LogP contribution in [0.2, 0.25) is 0 Å². The summed E-state index contributed by atoms with van der Waals surface area (Å²) in [5, 5.41) is -0.0327. The summed E-state index contributed by atoms with van der Waals surface area (Å²) in [4.78, 5) is 26.8. The standard InChI is InChI=1S/C11H19NO2S.C8H13NO2S/c13-11(12-7-2-1-3-8-12)15(14)9-10-5-4-6-10;10-8(9-5-1-2-6-9)12(11)7-3-4-7/h10H,1-9H2;7H,1-6H2. The monoisotopic (exact) mass is 416 g/mol. The fourth-order valence-electron chi connectivity index (χ4n) is 3.62. The molecule has 2 unspecified atom stereocenters. The molecule has 2 saturated carbocycles. The van der Waals surface area contributed by atoms with Crippen LogP contribution in [0.3, 0.4) is 0 Å². The lowest BCUT2D eigenvalue weighted by molar-refractivity contribution is 0.209. The average Bonchev–Trinajstić information content (AvgIpc) is 3.38. The number of nitrogens with zero attached hydrogens (tertiary/aromatic N) is 2. The molecule has 4 rings (SSSR count). The van der Waals surface area contributed by atoms with Crippen molar-refractivity contribution in [1.82, 2.24) is 9.80 Å². The molecular formula is C19H32N2O4S2. The Hall–Kier alpha value is -0.760. The molecule has 0 radical (unpaired) electrons. The second kappa shape index (κ2) is 10.1. The van der Waals surface area contributed by atoms with E-state index in [-0.39, 0.29) is 15.7 Å². The molecule has 27 heavy (non-hydrogen) atoms. The zero-order valence-corrected chi connectivity index (χ0v) is 17.7. The summed E-state index contributed by atoms with van der Waals surface area (Å²) >= 11 is 0. The van der Waals surface area contributed by atoms with Gasteiger partial charge in [0, 0.05) is 37.2 Å². The van der Waals surface area contributed by atoms with Gasteiger partial charge in [-0.2, -0.15) is 0 Å². The van der Waals surface area contributed by atoms with E-state index in [0.29, 0.717) is 11.7 Å². The van der Waals surface area contributed by atoms with Crippen molar-refractivity contribution in [1.29, 1.82) is 0 Å². The van der Waals surface area contributed by atoms with Gasteiger partial charge in [-0.1, -0.05) is 6.42 Å². The lowest BCUT2D eigenvalue weighted by atomic mass is 9.87. The van der Waals surface area contributed by atoms with E-state index in [0.717, 1.165) is 64.7 Å². The fraction of sp³-hybridized carbons (Fsp3) is 0.895. The topological polar surface area (TPSA) is 74.8 Å². The minimum Gasteiger partial charge on any atom is -0.332 e. The van der Waals surface area contributed by atoms with Crippen molar-refractivity contribution in [3.8, 4) is 0 Å². The molecule has 0 aromatic rings. The van der Waals surface area contributed by atoms with Crippen LogP contribution in [0.15, 0.2) is 0 Å². The molecule has 2 saturated heterocycles. The highest BCUT2D eigenvalue weighted by Gasteiger charge is 2.35. The first kappa shape index (κ1) is 21.0. The summed E-state index contributed by atoms with van der Waals surface area (Å²) in [5.74, 6) is 1.16. The van der Waals surface area contributed by atoms with Gasteiger partial charge in [-0.15, -0.1) is 0 Å². The first-order chi connectivity index (χ1) is 13.1. The molecule has 6 nitrogen and oxygen atoms in total. The Morgan fingerprint density at radius 2 is 1.22 bits per heavy atom. The maximum atomic E-state index is 11.8. The number of amides is 2. The zero-order valence-electron chi connectivity index (χ0n) is 16.1. The molecule has 2 atom stereocenters. The minimum atomic E-state index is -1.25. The molecule has 2 amide bonds. The summed E-state index contributed by atoms with van der Waals surface area (Å²) in [6.45, 7) is 3.26. The second-order valence-electron chi connectivity index (χ2n) is 8.08. The first-order valence-corrected chi connectivity index (χ1v) is 13.0. The molecule has 0 N–H and O–H groups in total. The summed E-state index contributed by atoms with van der Waals surface area (Å²) in [6, 6.07) is 0. The van der Waals surface area contributed by atoms with Crippen LogP contribution in [0.1, 0.15) is 64.2 Å². The number of carbonyl (C=O) groups is 2. The van der Waals surface area contributed by atoms with Gasteiger partial charge in [0.1, 0.15) is 21.6 Å². The largest absolute Gasteiger partial charge is 0.332 e. The van der Waals surface area contributed by atoms with E-state index in [4.69, 9.17) is 0 Å². The van der Waals surface area contributed by atoms with Gasteiger partial charge in [0.2, 0.25) is 0 Å². The van der Waals surface area contributed by atoms with Crippen molar-refractivity contribution < 1.29 is 18.0 Å². The van der Waals surface area contributed by atoms with E-state index >= 15 is 0 Å². The van der Waals surface area contributed by atoms with Crippen LogP contribution in [-0.4, -0.2) is 65.9 Å². The van der Waals surface area contributed by atoms with Crippen molar-refractivity contribution in [2.45, 2.75) is 69.5 Å². The Morgan fingerprint density at radius 1 is 0.704 bits per heavy atom. The highest BCUT2D eigenvalue weighted by molar-refractivity contribution is 8.01. The van der Waals surface area contributed by atoms with Crippen LogP contribution in [0.25, 0.3) is 0 Å². The quantitative estimate of drug-likeness (QED) is 0.708.